The van der Waals surface area contributed by atoms with Crippen molar-refractivity contribution in [3.8, 4) is 10.6 Å². The maximum Gasteiger partial charge on any atom is 0.123 e. The minimum absolute atomic E-state index is 0.137. The third-order valence-corrected chi connectivity index (χ3v) is 7.45. The normalized spacial score (nSPS) is 24.8. The summed E-state index contributed by atoms with van der Waals surface area (Å²) in [5.74, 6) is 0. The van der Waals surface area contributed by atoms with Gasteiger partial charge in [0.05, 0.1) is 16.7 Å². The van der Waals surface area contributed by atoms with Crippen LogP contribution in [0.15, 0.2) is 24.3 Å². The van der Waals surface area contributed by atoms with E-state index in [2.05, 4.69) is 29.2 Å². The lowest BCUT2D eigenvalue weighted by Crippen LogP contribution is -2.32. The van der Waals surface area contributed by atoms with Gasteiger partial charge >= 0.3 is 0 Å². The number of hydrogen-bond donors (Lipinski definition) is 1. The molecule has 6 heteroatoms. The molecule has 4 nitrogen and oxygen atoms in total. The average Bonchev–Trinajstić information content (AvgIpc) is 3.23. The number of benzene rings is 1. The summed E-state index contributed by atoms with van der Waals surface area (Å²) in [7, 11) is -0.824. The van der Waals surface area contributed by atoms with Gasteiger partial charge in [0.2, 0.25) is 0 Å². The van der Waals surface area contributed by atoms with E-state index < -0.39 is 10.8 Å². The van der Waals surface area contributed by atoms with Gasteiger partial charge in [0.25, 0.3) is 0 Å². The van der Waals surface area contributed by atoms with Gasteiger partial charge in [0.15, 0.2) is 0 Å². The van der Waals surface area contributed by atoms with Gasteiger partial charge in [0.1, 0.15) is 10.4 Å². The average molecular weight is 363 g/mol. The molecule has 1 aliphatic heterocycles. The monoisotopic (exact) mass is 362 g/mol. The topological polar surface area (TPSA) is 53.4 Å². The molecule has 3 atom stereocenters. The second-order valence-electron chi connectivity index (χ2n) is 6.57. The molecule has 1 N–H and O–H groups in total. The first-order chi connectivity index (χ1) is 11.6. The number of nitrogens with zero attached hydrogens (tertiary/aromatic N) is 2. The van der Waals surface area contributed by atoms with Gasteiger partial charge < -0.3 is 10.0 Å². The number of aliphatic hydroxyl groups excluding tert-OH is 1. The number of aromatic nitrogens is 1. The Morgan fingerprint density at radius 2 is 2.04 bits per heavy atom. The Balaban J connectivity index is 1.59. The van der Waals surface area contributed by atoms with E-state index in [4.69, 9.17) is 4.98 Å². The van der Waals surface area contributed by atoms with Crippen LogP contribution in [0.4, 0.5) is 5.69 Å². The minimum atomic E-state index is -0.824. The first-order valence-electron chi connectivity index (χ1n) is 8.50. The van der Waals surface area contributed by atoms with Gasteiger partial charge in [0, 0.05) is 34.9 Å². The summed E-state index contributed by atoms with van der Waals surface area (Å²) >= 11 is 1.62. The van der Waals surface area contributed by atoms with Crippen molar-refractivity contribution in [2.45, 2.75) is 43.6 Å². The summed E-state index contributed by atoms with van der Waals surface area (Å²) in [6.45, 7) is 0.974. The summed E-state index contributed by atoms with van der Waals surface area (Å²) in [6.07, 6.45) is 6.38. The van der Waals surface area contributed by atoms with E-state index in [1.54, 1.807) is 17.6 Å². The van der Waals surface area contributed by atoms with Crippen molar-refractivity contribution < 1.29 is 9.32 Å². The molecule has 1 aliphatic carbocycles. The summed E-state index contributed by atoms with van der Waals surface area (Å²) in [5, 5.41) is 11.3. The van der Waals surface area contributed by atoms with Gasteiger partial charge in [-0.25, -0.2) is 4.98 Å². The zero-order valence-electron chi connectivity index (χ0n) is 13.8. The molecular weight excluding hydrogens is 340 g/mol. The summed E-state index contributed by atoms with van der Waals surface area (Å²) in [6, 6.07) is 8.41. The number of anilines is 1. The third-order valence-electron chi connectivity index (χ3n) is 4.95. The predicted octanol–water partition coefficient (Wildman–Crippen LogP) is 3.48. The molecule has 0 saturated carbocycles. The molecule has 0 spiro atoms. The summed E-state index contributed by atoms with van der Waals surface area (Å²) in [5.41, 5.74) is 3.30. The van der Waals surface area contributed by atoms with Crippen LogP contribution in [0.25, 0.3) is 10.6 Å². The minimum Gasteiger partial charge on any atom is -0.388 e. The van der Waals surface area contributed by atoms with Crippen LogP contribution in [-0.4, -0.2) is 32.5 Å². The number of hydrogen-bond acceptors (Lipinski definition) is 5. The van der Waals surface area contributed by atoms with Crippen LogP contribution < -0.4 is 4.90 Å². The lowest BCUT2D eigenvalue weighted by atomic mass is 10.0. The summed E-state index contributed by atoms with van der Waals surface area (Å²) < 4.78 is 11.9. The van der Waals surface area contributed by atoms with Crippen LogP contribution >= 0.6 is 11.3 Å². The van der Waals surface area contributed by atoms with Crippen molar-refractivity contribution >= 4 is 27.8 Å². The molecule has 1 aromatic carbocycles. The predicted molar refractivity (Wildman–Crippen MR) is 99.9 cm³/mol. The molecule has 0 amide bonds. The molecule has 1 aromatic heterocycles. The Hall–Kier alpha value is -1.24. The first-order valence-corrected chi connectivity index (χ1v) is 10.9. The van der Waals surface area contributed by atoms with E-state index in [1.807, 2.05) is 0 Å². The molecule has 24 heavy (non-hydrogen) atoms. The van der Waals surface area contributed by atoms with Gasteiger partial charge in [-0.1, -0.05) is 0 Å². The van der Waals surface area contributed by atoms with Crippen molar-refractivity contribution in [2.75, 3.05) is 17.7 Å². The van der Waals surface area contributed by atoms with E-state index in [1.165, 1.54) is 0 Å². The second-order valence-corrected chi connectivity index (χ2v) is 9.15. The zero-order valence-corrected chi connectivity index (χ0v) is 15.4. The standard InChI is InChI=1S/C18H22N2O2S2/c1-24(22)16-6-3-11-20(16)13-9-7-12(8-10-13)18-19-14-4-2-5-15(21)17(14)23-18/h7-10,15-16,21H,2-6,11H2,1H3. The van der Waals surface area contributed by atoms with Gasteiger partial charge in [-0.3, -0.25) is 4.21 Å². The Morgan fingerprint density at radius 3 is 2.75 bits per heavy atom. The van der Waals surface area contributed by atoms with Crippen LogP contribution in [0.5, 0.6) is 0 Å². The molecule has 0 bridgehead atoms. The molecule has 2 heterocycles. The van der Waals surface area contributed by atoms with E-state index in [0.29, 0.717) is 0 Å². The van der Waals surface area contributed by atoms with Gasteiger partial charge in [-0.05, 0) is 56.4 Å². The highest BCUT2D eigenvalue weighted by atomic mass is 32.2. The van der Waals surface area contributed by atoms with E-state index >= 15 is 0 Å². The molecule has 2 aromatic rings. The van der Waals surface area contributed by atoms with Crippen molar-refractivity contribution in [1.82, 2.24) is 4.98 Å². The van der Waals surface area contributed by atoms with Gasteiger partial charge in [-0.2, -0.15) is 0 Å². The fourth-order valence-electron chi connectivity index (χ4n) is 3.69. The van der Waals surface area contributed by atoms with E-state index in [9.17, 15) is 9.32 Å². The highest BCUT2D eigenvalue weighted by Crippen LogP contribution is 2.38. The molecule has 2 aliphatic rings. The lowest BCUT2D eigenvalue weighted by molar-refractivity contribution is 0.160. The van der Waals surface area contributed by atoms with Crippen molar-refractivity contribution in [3.05, 3.63) is 34.8 Å². The quantitative estimate of drug-likeness (QED) is 0.908. The lowest BCUT2D eigenvalue weighted by Gasteiger charge is -2.25. The Labute approximate surface area is 149 Å². The van der Waals surface area contributed by atoms with Crippen LogP contribution in [-0.2, 0) is 17.2 Å². The fraction of sp³-hybridized carbons (Fsp3) is 0.500. The van der Waals surface area contributed by atoms with Crippen LogP contribution in [0, 0.1) is 0 Å². The summed E-state index contributed by atoms with van der Waals surface area (Å²) in [4.78, 5) is 8.04. The Bertz CT molecular complexity index is 757. The molecule has 0 radical (unpaired) electrons. The Kier molecular flexibility index (Phi) is 4.45. The number of aliphatic hydroxyl groups is 1. The Morgan fingerprint density at radius 1 is 1.25 bits per heavy atom. The van der Waals surface area contributed by atoms with Crippen LogP contribution in [0.3, 0.4) is 0 Å². The highest BCUT2D eigenvalue weighted by molar-refractivity contribution is 7.85. The first kappa shape index (κ1) is 16.2. The van der Waals surface area contributed by atoms with Crippen molar-refractivity contribution in [3.63, 3.8) is 0 Å². The molecule has 1 saturated heterocycles. The number of rotatable bonds is 3. The molecular formula is C18H22N2O2S2. The third kappa shape index (κ3) is 2.91. The maximum atomic E-state index is 11.9. The zero-order chi connectivity index (χ0) is 16.7. The van der Waals surface area contributed by atoms with Crippen LogP contribution in [0.2, 0.25) is 0 Å². The molecule has 128 valence electrons. The second kappa shape index (κ2) is 6.58. The maximum absolute atomic E-state index is 11.9. The van der Waals surface area contributed by atoms with E-state index in [0.717, 1.165) is 65.5 Å². The highest BCUT2D eigenvalue weighted by Gasteiger charge is 2.28. The van der Waals surface area contributed by atoms with Crippen molar-refractivity contribution in [2.24, 2.45) is 0 Å². The smallest absolute Gasteiger partial charge is 0.123 e. The molecule has 3 unspecified atom stereocenters. The number of fused-ring (bicyclic) bond motifs is 1. The number of thiazole rings is 1. The van der Waals surface area contributed by atoms with Crippen LogP contribution in [0.1, 0.15) is 42.4 Å². The molecule has 4 rings (SSSR count). The fourth-order valence-corrected chi connectivity index (χ4v) is 5.91. The van der Waals surface area contributed by atoms with E-state index in [-0.39, 0.29) is 11.5 Å². The molecule has 1 fully saturated rings. The van der Waals surface area contributed by atoms with Gasteiger partial charge in [-0.15, -0.1) is 11.3 Å². The van der Waals surface area contributed by atoms with Crippen molar-refractivity contribution in [1.29, 1.82) is 0 Å². The largest absolute Gasteiger partial charge is 0.388 e. The number of aryl methyl sites for hydroxylation is 1. The SMILES string of the molecule is CS(=O)C1CCCN1c1ccc(-c2nc3c(s2)C(O)CCC3)cc1.